The zero-order chi connectivity index (χ0) is 13.5. The summed E-state index contributed by atoms with van der Waals surface area (Å²) in [5.41, 5.74) is 0. The van der Waals surface area contributed by atoms with E-state index in [4.69, 9.17) is 0 Å². The molecule has 0 fully saturated rings. The fourth-order valence-electron chi connectivity index (χ4n) is 2.11. The molecule has 106 valence electrons. The van der Waals surface area contributed by atoms with E-state index in [0.29, 0.717) is 0 Å². The van der Waals surface area contributed by atoms with Crippen LogP contribution in [0, 0.1) is 0 Å². The van der Waals surface area contributed by atoms with Crippen LogP contribution < -0.4 is 0 Å². The van der Waals surface area contributed by atoms with Crippen LogP contribution >= 0.6 is 0 Å². The molecule has 0 amide bonds. The molecular weight excluding hydrogens is 222 g/mol. The number of rotatable bonds is 13. The highest BCUT2D eigenvalue weighted by atomic mass is 16.1. The predicted molar refractivity (Wildman–Crippen MR) is 79.7 cm³/mol. The van der Waals surface area contributed by atoms with Crippen molar-refractivity contribution >= 4 is 6.29 Å². The highest BCUT2D eigenvalue weighted by molar-refractivity contribution is 5.64. The van der Waals surface area contributed by atoms with E-state index in [1.807, 2.05) is 13.2 Å². The lowest BCUT2D eigenvalue weighted by atomic mass is 10.1. The van der Waals surface area contributed by atoms with E-state index < -0.39 is 0 Å². The van der Waals surface area contributed by atoms with Gasteiger partial charge in [-0.1, -0.05) is 64.7 Å². The normalized spacial score (nSPS) is 11.0. The van der Waals surface area contributed by atoms with Crippen molar-refractivity contribution < 1.29 is 4.79 Å². The number of unbranched alkanes of at least 4 members (excludes halogenated alkanes) is 9. The molecule has 0 radical (unpaired) electrons. The summed E-state index contributed by atoms with van der Waals surface area (Å²) in [6.45, 7) is 3.32. The maximum absolute atomic E-state index is 10.1. The lowest BCUT2D eigenvalue weighted by Crippen LogP contribution is -2.11. The quantitative estimate of drug-likeness (QED) is 0.272. The first-order valence-corrected chi connectivity index (χ1v) is 7.63. The predicted octanol–water partition coefficient (Wildman–Crippen LogP) is 4.55. The van der Waals surface area contributed by atoms with Gasteiger partial charge in [0.2, 0.25) is 0 Å². The number of aldehydes is 1. The van der Waals surface area contributed by atoms with Crippen LogP contribution in [0.15, 0.2) is 12.3 Å². The molecule has 0 atom stereocenters. The molecule has 0 heterocycles. The van der Waals surface area contributed by atoms with Crippen LogP contribution in [0.1, 0.15) is 71.1 Å². The molecule has 0 spiro atoms. The summed E-state index contributed by atoms with van der Waals surface area (Å²) >= 11 is 0. The number of allylic oxidation sites excluding steroid dienone is 1. The third-order valence-electron chi connectivity index (χ3n) is 3.28. The number of carbonyl (C=O) groups is 1. The zero-order valence-electron chi connectivity index (χ0n) is 12.4. The Morgan fingerprint density at radius 1 is 0.833 bits per heavy atom. The van der Waals surface area contributed by atoms with Gasteiger partial charge < -0.3 is 4.90 Å². The molecule has 0 aliphatic heterocycles. The van der Waals surface area contributed by atoms with Crippen molar-refractivity contribution in [3.05, 3.63) is 12.3 Å². The van der Waals surface area contributed by atoms with Gasteiger partial charge in [0.25, 0.3) is 0 Å². The molecule has 0 saturated carbocycles. The second-order valence-corrected chi connectivity index (χ2v) is 5.14. The lowest BCUT2D eigenvalue weighted by molar-refractivity contribution is -0.104. The average Bonchev–Trinajstić information content (AvgIpc) is 2.38. The summed E-state index contributed by atoms with van der Waals surface area (Å²) in [6, 6.07) is 0. The molecule has 0 rings (SSSR count). The van der Waals surface area contributed by atoms with Crippen molar-refractivity contribution in [1.82, 2.24) is 4.90 Å². The highest BCUT2D eigenvalue weighted by Gasteiger charge is 1.94. The molecule has 0 aromatic rings. The third kappa shape index (κ3) is 13.3. The summed E-state index contributed by atoms with van der Waals surface area (Å²) in [6.07, 6.45) is 17.9. The Morgan fingerprint density at radius 2 is 1.33 bits per heavy atom. The van der Waals surface area contributed by atoms with E-state index in [9.17, 15) is 4.79 Å². The number of nitrogens with zero attached hydrogens (tertiary/aromatic N) is 1. The minimum absolute atomic E-state index is 0.828. The molecular formula is C16H31NO. The van der Waals surface area contributed by atoms with E-state index in [1.165, 1.54) is 64.2 Å². The van der Waals surface area contributed by atoms with Crippen LogP contribution in [0.2, 0.25) is 0 Å². The van der Waals surface area contributed by atoms with E-state index >= 15 is 0 Å². The van der Waals surface area contributed by atoms with Crippen LogP contribution in [-0.4, -0.2) is 24.8 Å². The van der Waals surface area contributed by atoms with Gasteiger partial charge in [0.1, 0.15) is 6.29 Å². The summed E-state index contributed by atoms with van der Waals surface area (Å²) in [5, 5.41) is 0. The van der Waals surface area contributed by atoms with Crippen molar-refractivity contribution in [1.29, 1.82) is 0 Å². The Balaban J connectivity index is 3.11. The van der Waals surface area contributed by atoms with Crippen LogP contribution in [0.25, 0.3) is 0 Å². The van der Waals surface area contributed by atoms with E-state index in [1.54, 1.807) is 6.08 Å². The first-order valence-electron chi connectivity index (χ1n) is 7.63. The van der Waals surface area contributed by atoms with Gasteiger partial charge >= 0.3 is 0 Å². The molecule has 2 heteroatoms. The zero-order valence-corrected chi connectivity index (χ0v) is 12.4. The molecule has 0 aromatic carbocycles. The van der Waals surface area contributed by atoms with Crippen molar-refractivity contribution in [2.24, 2.45) is 0 Å². The fraction of sp³-hybridized carbons (Fsp3) is 0.812. The maximum atomic E-state index is 10.1. The Kier molecular flexibility index (Phi) is 13.6. The van der Waals surface area contributed by atoms with Crippen molar-refractivity contribution in [2.45, 2.75) is 71.1 Å². The van der Waals surface area contributed by atoms with Crippen LogP contribution in [-0.2, 0) is 4.79 Å². The van der Waals surface area contributed by atoms with Crippen LogP contribution in [0.5, 0.6) is 0 Å². The minimum Gasteiger partial charge on any atom is -0.380 e. The Hall–Kier alpha value is -0.790. The molecule has 0 bridgehead atoms. The first kappa shape index (κ1) is 17.2. The summed E-state index contributed by atoms with van der Waals surface area (Å²) < 4.78 is 0. The standard InChI is InChI=1S/C16H31NO/c1-3-4-5-6-7-8-9-10-11-12-14-17(2)15-13-16-18/h13,15-16H,3-12,14H2,1-2H3. The SMILES string of the molecule is CCCCCCCCCCCCN(C)C=CC=O. The smallest absolute Gasteiger partial charge is 0.144 e. The minimum atomic E-state index is 0.828. The molecule has 0 aromatic heterocycles. The van der Waals surface area contributed by atoms with Gasteiger partial charge in [-0.2, -0.15) is 0 Å². The van der Waals surface area contributed by atoms with E-state index in [0.717, 1.165) is 12.8 Å². The van der Waals surface area contributed by atoms with Crippen molar-refractivity contribution in [2.75, 3.05) is 13.6 Å². The van der Waals surface area contributed by atoms with Crippen LogP contribution in [0.3, 0.4) is 0 Å². The number of carbonyl (C=O) groups excluding carboxylic acids is 1. The van der Waals surface area contributed by atoms with Gasteiger partial charge in [-0.15, -0.1) is 0 Å². The second kappa shape index (κ2) is 14.3. The van der Waals surface area contributed by atoms with Gasteiger partial charge in [-0.25, -0.2) is 0 Å². The third-order valence-corrected chi connectivity index (χ3v) is 3.28. The fourth-order valence-corrected chi connectivity index (χ4v) is 2.11. The number of hydrogen-bond acceptors (Lipinski definition) is 2. The summed E-state index contributed by atoms with van der Waals surface area (Å²) in [7, 11) is 2.02. The van der Waals surface area contributed by atoms with E-state index in [2.05, 4.69) is 11.8 Å². The molecule has 0 aliphatic rings. The van der Waals surface area contributed by atoms with Gasteiger partial charge in [0.05, 0.1) is 0 Å². The maximum Gasteiger partial charge on any atom is 0.144 e. The Bertz CT molecular complexity index is 201. The molecule has 0 unspecified atom stereocenters. The van der Waals surface area contributed by atoms with Gasteiger partial charge in [-0.3, -0.25) is 4.79 Å². The van der Waals surface area contributed by atoms with Gasteiger partial charge in [0, 0.05) is 19.8 Å². The monoisotopic (exact) mass is 253 g/mol. The largest absolute Gasteiger partial charge is 0.380 e. The average molecular weight is 253 g/mol. The molecule has 18 heavy (non-hydrogen) atoms. The van der Waals surface area contributed by atoms with E-state index in [-0.39, 0.29) is 0 Å². The molecule has 0 saturated heterocycles. The second-order valence-electron chi connectivity index (χ2n) is 5.14. The molecule has 2 nitrogen and oxygen atoms in total. The highest BCUT2D eigenvalue weighted by Crippen LogP contribution is 2.10. The topological polar surface area (TPSA) is 20.3 Å². The van der Waals surface area contributed by atoms with Gasteiger partial charge in [-0.05, 0) is 12.5 Å². The molecule has 0 N–H and O–H groups in total. The van der Waals surface area contributed by atoms with Crippen LogP contribution in [0.4, 0.5) is 0 Å². The lowest BCUT2D eigenvalue weighted by Gasteiger charge is -2.12. The Labute approximate surface area is 113 Å². The summed E-state index contributed by atoms with van der Waals surface area (Å²) in [5.74, 6) is 0. The Morgan fingerprint density at radius 3 is 1.83 bits per heavy atom. The molecule has 0 aliphatic carbocycles. The van der Waals surface area contributed by atoms with Crippen molar-refractivity contribution in [3.63, 3.8) is 0 Å². The number of hydrogen-bond donors (Lipinski definition) is 0. The summed E-state index contributed by atoms with van der Waals surface area (Å²) in [4.78, 5) is 12.2. The first-order chi connectivity index (χ1) is 8.81. The van der Waals surface area contributed by atoms with Gasteiger partial charge in [0.15, 0.2) is 0 Å². The van der Waals surface area contributed by atoms with Crippen molar-refractivity contribution in [3.8, 4) is 0 Å².